The van der Waals surface area contributed by atoms with Crippen molar-refractivity contribution in [1.29, 1.82) is 0 Å². The van der Waals surface area contributed by atoms with E-state index in [9.17, 15) is 14.3 Å². The van der Waals surface area contributed by atoms with E-state index in [-0.39, 0.29) is 12.5 Å². The summed E-state index contributed by atoms with van der Waals surface area (Å²) in [4.78, 5) is 12.5. The summed E-state index contributed by atoms with van der Waals surface area (Å²) < 4.78 is 19.1. The molecule has 2 rings (SSSR count). The highest BCUT2D eigenvalue weighted by Crippen LogP contribution is 2.26. The molecule has 4 nitrogen and oxygen atoms in total. The molecule has 2 N–H and O–H groups in total. The lowest BCUT2D eigenvalue weighted by Gasteiger charge is -2.25. The molecule has 0 fully saturated rings. The number of carbonyl (C=O) groups is 1. The molecular weight excluding hydrogens is 309 g/mol. The lowest BCUT2D eigenvalue weighted by atomic mass is 9.83. The molecule has 0 saturated carbocycles. The molecule has 0 aliphatic rings. The molecule has 0 aliphatic heterocycles. The fourth-order valence-electron chi connectivity index (χ4n) is 2.47. The van der Waals surface area contributed by atoms with Crippen LogP contribution < -0.4 is 10.1 Å². The number of carbonyl (C=O) groups excluding carboxylic acids is 1. The Labute approximate surface area is 141 Å². The highest BCUT2D eigenvalue weighted by Gasteiger charge is 2.32. The van der Waals surface area contributed by atoms with Gasteiger partial charge in [-0.3, -0.25) is 4.79 Å². The second-order valence-corrected chi connectivity index (χ2v) is 6.11. The quantitative estimate of drug-likeness (QED) is 0.855. The maximum atomic E-state index is 13.9. The Hall–Kier alpha value is -2.40. The molecule has 1 unspecified atom stereocenters. The summed E-state index contributed by atoms with van der Waals surface area (Å²) in [6.07, 6.45) is -0.875. The van der Waals surface area contributed by atoms with Crippen LogP contribution in [0, 0.1) is 5.82 Å². The van der Waals surface area contributed by atoms with Crippen molar-refractivity contribution in [2.75, 3.05) is 13.7 Å². The van der Waals surface area contributed by atoms with Gasteiger partial charge in [-0.2, -0.15) is 0 Å². The number of amides is 1. The topological polar surface area (TPSA) is 58.6 Å². The fourth-order valence-corrected chi connectivity index (χ4v) is 2.47. The maximum absolute atomic E-state index is 13.9. The molecule has 0 bridgehead atoms. The molecule has 0 spiro atoms. The van der Waals surface area contributed by atoms with Crippen molar-refractivity contribution in [3.8, 4) is 5.75 Å². The van der Waals surface area contributed by atoms with Crippen LogP contribution in [0.1, 0.15) is 31.1 Å². The van der Waals surface area contributed by atoms with Crippen LogP contribution >= 0.6 is 0 Å². The Kier molecular flexibility index (Phi) is 5.57. The van der Waals surface area contributed by atoms with Crippen molar-refractivity contribution in [3.05, 3.63) is 65.5 Å². The van der Waals surface area contributed by atoms with E-state index in [1.807, 2.05) is 0 Å². The van der Waals surface area contributed by atoms with Crippen LogP contribution in [-0.2, 0) is 10.2 Å². The molecule has 128 valence electrons. The summed E-state index contributed by atoms with van der Waals surface area (Å²) in [7, 11) is 1.55. The van der Waals surface area contributed by atoms with Crippen molar-refractivity contribution >= 4 is 5.91 Å². The van der Waals surface area contributed by atoms with Crippen LogP contribution in [0.25, 0.3) is 0 Å². The number of hydrogen-bond acceptors (Lipinski definition) is 3. The normalized spacial score (nSPS) is 12.5. The summed E-state index contributed by atoms with van der Waals surface area (Å²) in [5, 5.41) is 12.9. The van der Waals surface area contributed by atoms with Gasteiger partial charge in [-0.05, 0) is 37.6 Å². The van der Waals surface area contributed by atoms with Gasteiger partial charge in [0.15, 0.2) is 0 Å². The zero-order valence-corrected chi connectivity index (χ0v) is 14.0. The van der Waals surface area contributed by atoms with Gasteiger partial charge in [-0.1, -0.05) is 30.3 Å². The number of nitrogens with one attached hydrogen (secondary N) is 1. The smallest absolute Gasteiger partial charge is 0.230 e. The molecule has 5 heteroatoms. The third kappa shape index (κ3) is 3.92. The van der Waals surface area contributed by atoms with Gasteiger partial charge in [0.25, 0.3) is 0 Å². The highest BCUT2D eigenvalue weighted by atomic mass is 19.1. The van der Waals surface area contributed by atoms with Gasteiger partial charge >= 0.3 is 0 Å². The maximum Gasteiger partial charge on any atom is 0.230 e. The predicted octanol–water partition coefficient (Wildman–Crippen LogP) is 2.96. The monoisotopic (exact) mass is 331 g/mol. The first kappa shape index (κ1) is 17.9. The molecule has 0 saturated heterocycles. The zero-order chi connectivity index (χ0) is 17.7. The molecule has 1 atom stereocenters. The first-order valence-corrected chi connectivity index (χ1v) is 7.71. The Morgan fingerprint density at radius 2 is 1.96 bits per heavy atom. The molecule has 0 heterocycles. The third-order valence-electron chi connectivity index (χ3n) is 4.05. The minimum atomic E-state index is -1.04. The van der Waals surface area contributed by atoms with Crippen LogP contribution in [-0.4, -0.2) is 24.7 Å². The van der Waals surface area contributed by atoms with Gasteiger partial charge in [0, 0.05) is 12.1 Å². The van der Waals surface area contributed by atoms with Gasteiger partial charge in [-0.15, -0.1) is 0 Å². The van der Waals surface area contributed by atoms with Crippen LogP contribution in [0.3, 0.4) is 0 Å². The number of benzene rings is 2. The molecule has 0 aromatic heterocycles. The van der Waals surface area contributed by atoms with Crippen molar-refractivity contribution in [1.82, 2.24) is 5.32 Å². The Bertz CT molecular complexity index is 715. The van der Waals surface area contributed by atoms with E-state index in [2.05, 4.69) is 5.32 Å². The van der Waals surface area contributed by atoms with Crippen LogP contribution in [0.15, 0.2) is 48.5 Å². The van der Waals surface area contributed by atoms with E-state index in [0.29, 0.717) is 16.9 Å². The number of aliphatic hydroxyl groups excluding tert-OH is 1. The van der Waals surface area contributed by atoms with Gasteiger partial charge in [0.1, 0.15) is 11.6 Å². The number of halogens is 1. The number of rotatable bonds is 6. The summed E-state index contributed by atoms with van der Waals surface area (Å²) in [5.74, 6) is -0.148. The lowest BCUT2D eigenvalue weighted by Crippen LogP contribution is -2.42. The highest BCUT2D eigenvalue weighted by molar-refractivity contribution is 5.87. The number of ether oxygens (including phenoxy) is 1. The molecular formula is C19H22FNO3. The lowest BCUT2D eigenvalue weighted by molar-refractivity contribution is -0.126. The van der Waals surface area contributed by atoms with Crippen LogP contribution in [0.2, 0.25) is 0 Å². The largest absolute Gasteiger partial charge is 0.497 e. The zero-order valence-electron chi connectivity index (χ0n) is 14.0. The second kappa shape index (κ2) is 7.45. The van der Waals surface area contributed by atoms with E-state index >= 15 is 0 Å². The summed E-state index contributed by atoms with van der Waals surface area (Å²) in [6, 6.07) is 13.2. The first-order valence-electron chi connectivity index (χ1n) is 7.71. The van der Waals surface area contributed by atoms with E-state index < -0.39 is 17.3 Å². The van der Waals surface area contributed by atoms with E-state index in [4.69, 9.17) is 4.74 Å². The van der Waals surface area contributed by atoms with E-state index in [1.165, 1.54) is 6.07 Å². The summed E-state index contributed by atoms with van der Waals surface area (Å²) >= 11 is 0. The van der Waals surface area contributed by atoms with Gasteiger partial charge < -0.3 is 15.2 Å². The first-order chi connectivity index (χ1) is 11.4. The number of hydrogen-bond donors (Lipinski definition) is 2. The fraction of sp³-hybridized carbons (Fsp3) is 0.316. The Morgan fingerprint density at radius 3 is 2.62 bits per heavy atom. The van der Waals surface area contributed by atoms with E-state index in [1.54, 1.807) is 63.4 Å². The predicted molar refractivity (Wildman–Crippen MR) is 90.4 cm³/mol. The van der Waals surface area contributed by atoms with E-state index in [0.717, 1.165) is 0 Å². The number of methoxy groups -OCH3 is 1. The average molecular weight is 331 g/mol. The second-order valence-electron chi connectivity index (χ2n) is 6.11. The molecule has 0 aliphatic carbocycles. The molecule has 2 aromatic carbocycles. The Balaban J connectivity index is 2.05. The van der Waals surface area contributed by atoms with Gasteiger partial charge in [0.2, 0.25) is 5.91 Å². The molecule has 24 heavy (non-hydrogen) atoms. The SMILES string of the molecule is COc1cccc(C(O)CNC(=O)C(C)(C)c2ccccc2F)c1. The minimum absolute atomic E-state index is 0.0316. The summed E-state index contributed by atoms with van der Waals surface area (Å²) in [6.45, 7) is 3.33. The van der Waals surface area contributed by atoms with Crippen LogP contribution in [0.5, 0.6) is 5.75 Å². The molecule has 0 radical (unpaired) electrons. The number of aliphatic hydroxyl groups is 1. The van der Waals surface area contributed by atoms with Crippen molar-refractivity contribution < 1.29 is 19.0 Å². The van der Waals surface area contributed by atoms with Crippen molar-refractivity contribution in [2.24, 2.45) is 0 Å². The third-order valence-corrected chi connectivity index (χ3v) is 4.05. The Morgan fingerprint density at radius 1 is 1.25 bits per heavy atom. The summed E-state index contributed by atoms with van der Waals surface area (Å²) in [5.41, 5.74) is -0.0869. The van der Waals surface area contributed by atoms with Crippen molar-refractivity contribution in [3.63, 3.8) is 0 Å². The molecule has 1 amide bonds. The van der Waals surface area contributed by atoms with Crippen molar-refractivity contribution in [2.45, 2.75) is 25.4 Å². The van der Waals surface area contributed by atoms with Gasteiger partial charge in [-0.25, -0.2) is 4.39 Å². The van der Waals surface area contributed by atoms with Gasteiger partial charge in [0.05, 0.1) is 18.6 Å². The standard InChI is InChI=1S/C19H22FNO3/c1-19(2,15-9-4-5-10-16(15)20)18(23)21-12-17(22)13-7-6-8-14(11-13)24-3/h4-11,17,22H,12H2,1-3H3,(H,21,23). The van der Waals surface area contributed by atoms with Crippen LogP contribution in [0.4, 0.5) is 4.39 Å². The molecule has 2 aromatic rings. The minimum Gasteiger partial charge on any atom is -0.497 e. The average Bonchev–Trinajstić information content (AvgIpc) is 2.59.